The first kappa shape index (κ1) is 12.6. The van der Waals surface area contributed by atoms with Gasteiger partial charge in [-0.25, -0.2) is 8.42 Å². The summed E-state index contributed by atoms with van der Waals surface area (Å²) < 4.78 is 28.0. The van der Waals surface area contributed by atoms with Crippen LogP contribution in [0.5, 0.6) is 0 Å². The molecule has 0 spiro atoms. The molecule has 0 bridgehead atoms. The minimum atomic E-state index is -2.89. The monoisotopic (exact) mass is 321 g/mol. The van der Waals surface area contributed by atoms with Crippen LogP contribution in [0.2, 0.25) is 0 Å². The molecule has 0 aliphatic carbocycles. The van der Waals surface area contributed by atoms with Gasteiger partial charge in [0, 0.05) is 6.54 Å². The highest BCUT2D eigenvalue weighted by Crippen LogP contribution is 2.18. The van der Waals surface area contributed by atoms with Gasteiger partial charge in [-0.15, -0.1) is 0 Å². The van der Waals surface area contributed by atoms with Gasteiger partial charge in [0.2, 0.25) is 0 Å². The molecule has 1 atom stereocenters. The third-order valence-electron chi connectivity index (χ3n) is 2.68. The predicted octanol–water partition coefficient (Wildman–Crippen LogP) is 1.21. The van der Waals surface area contributed by atoms with Crippen molar-refractivity contribution in [2.75, 3.05) is 18.1 Å². The number of amides is 1. The van der Waals surface area contributed by atoms with Gasteiger partial charge < -0.3 is 9.73 Å². The van der Waals surface area contributed by atoms with E-state index in [1.807, 2.05) is 0 Å². The molecule has 1 saturated heterocycles. The standard InChI is InChI=1S/C10H12BrNO4S/c11-9-2-1-8(16-9)10(13)12-5-7-3-4-17(14,15)6-7/h1-2,7H,3-6H2,(H,12,13). The maximum absolute atomic E-state index is 11.6. The summed E-state index contributed by atoms with van der Waals surface area (Å²) in [7, 11) is -2.89. The molecule has 1 unspecified atom stereocenters. The molecular formula is C10H12BrNO4S. The van der Waals surface area contributed by atoms with Gasteiger partial charge in [0.15, 0.2) is 20.3 Å². The van der Waals surface area contributed by atoms with Crippen LogP contribution in [0, 0.1) is 5.92 Å². The molecule has 1 aliphatic heterocycles. The zero-order chi connectivity index (χ0) is 12.5. The number of rotatable bonds is 3. The van der Waals surface area contributed by atoms with E-state index in [-0.39, 0.29) is 29.1 Å². The first-order valence-electron chi connectivity index (χ1n) is 5.20. The normalized spacial score (nSPS) is 22.5. The van der Waals surface area contributed by atoms with E-state index < -0.39 is 9.84 Å². The molecule has 0 aromatic carbocycles. The molecular weight excluding hydrogens is 310 g/mol. The summed E-state index contributed by atoms with van der Waals surface area (Å²) in [6, 6.07) is 3.19. The highest BCUT2D eigenvalue weighted by Gasteiger charge is 2.28. The van der Waals surface area contributed by atoms with Crippen molar-refractivity contribution in [2.24, 2.45) is 5.92 Å². The second kappa shape index (κ2) is 4.81. The Labute approximate surface area is 108 Å². The molecule has 1 aliphatic rings. The second-order valence-electron chi connectivity index (χ2n) is 4.08. The van der Waals surface area contributed by atoms with Gasteiger partial charge in [-0.3, -0.25) is 4.79 Å². The highest BCUT2D eigenvalue weighted by molar-refractivity contribution is 9.10. The van der Waals surface area contributed by atoms with E-state index >= 15 is 0 Å². The molecule has 94 valence electrons. The first-order chi connectivity index (χ1) is 7.96. The maximum atomic E-state index is 11.6. The lowest BCUT2D eigenvalue weighted by atomic mass is 10.1. The van der Waals surface area contributed by atoms with Gasteiger partial charge in [0.25, 0.3) is 5.91 Å². The lowest BCUT2D eigenvalue weighted by molar-refractivity contribution is 0.0919. The summed E-state index contributed by atoms with van der Waals surface area (Å²) in [5, 5.41) is 2.67. The van der Waals surface area contributed by atoms with E-state index in [4.69, 9.17) is 4.42 Å². The molecule has 2 heterocycles. The Balaban J connectivity index is 1.85. The topological polar surface area (TPSA) is 76.4 Å². The van der Waals surface area contributed by atoms with Crippen LogP contribution in [0.3, 0.4) is 0 Å². The Bertz CT molecular complexity index is 522. The number of hydrogen-bond acceptors (Lipinski definition) is 4. The van der Waals surface area contributed by atoms with Gasteiger partial charge in [-0.05, 0) is 40.4 Å². The molecule has 1 N–H and O–H groups in total. The smallest absolute Gasteiger partial charge is 0.287 e. The van der Waals surface area contributed by atoms with Crippen LogP contribution >= 0.6 is 15.9 Å². The SMILES string of the molecule is O=C(NCC1CCS(=O)(=O)C1)c1ccc(Br)o1. The molecule has 1 fully saturated rings. The summed E-state index contributed by atoms with van der Waals surface area (Å²) in [4.78, 5) is 11.6. The lowest BCUT2D eigenvalue weighted by Crippen LogP contribution is -2.29. The number of carbonyl (C=O) groups is 1. The average molecular weight is 322 g/mol. The third-order valence-corrected chi connectivity index (χ3v) is 4.94. The molecule has 1 amide bonds. The van der Waals surface area contributed by atoms with E-state index in [1.54, 1.807) is 12.1 Å². The van der Waals surface area contributed by atoms with E-state index in [1.165, 1.54) is 0 Å². The predicted molar refractivity (Wildman–Crippen MR) is 65.5 cm³/mol. The van der Waals surface area contributed by atoms with E-state index in [9.17, 15) is 13.2 Å². The summed E-state index contributed by atoms with van der Waals surface area (Å²) in [5.74, 6) is 0.301. The van der Waals surface area contributed by atoms with Crippen molar-refractivity contribution >= 4 is 31.7 Å². The summed E-state index contributed by atoms with van der Waals surface area (Å²) >= 11 is 3.11. The molecule has 5 nitrogen and oxygen atoms in total. The molecule has 17 heavy (non-hydrogen) atoms. The van der Waals surface area contributed by atoms with Gasteiger partial charge in [0.05, 0.1) is 11.5 Å². The van der Waals surface area contributed by atoms with Crippen molar-refractivity contribution in [3.63, 3.8) is 0 Å². The molecule has 7 heteroatoms. The van der Waals surface area contributed by atoms with E-state index in [2.05, 4.69) is 21.2 Å². The summed E-state index contributed by atoms with van der Waals surface area (Å²) in [6.45, 7) is 0.371. The number of halogens is 1. The van der Waals surface area contributed by atoms with Crippen molar-refractivity contribution in [2.45, 2.75) is 6.42 Å². The largest absolute Gasteiger partial charge is 0.444 e. The second-order valence-corrected chi connectivity index (χ2v) is 7.09. The van der Waals surface area contributed by atoms with Gasteiger partial charge >= 0.3 is 0 Å². The van der Waals surface area contributed by atoms with Crippen molar-refractivity contribution in [1.82, 2.24) is 5.32 Å². The van der Waals surface area contributed by atoms with Crippen LogP contribution in [-0.2, 0) is 9.84 Å². The fourth-order valence-electron chi connectivity index (χ4n) is 1.79. The Hall–Kier alpha value is -0.820. The summed E-state index contributed by atoms with van der Waals surface area (Å²) in [5.41, 5.74) is 0. The average Bonchev–Trinajstić information content (AvgIpc) is 2.81. The minimum Gasteiger partial charge on any atom is -0.444 e. The van der Waals surface area contributed by atoms with Crippen molar-refractivity contribution < 1.29 is 17.6 Å². The number of sulfone groups is 1. The summed E-state index contributed by atoms with van der Waals surface area (Å²) in [6.07, 6.45) is 0.616. The zero-order valence-electron chi connectivity index (χ0n) is 8.98. The van der Waals surface area contributed by atoms with Crippen molar-refractivity contribution in [3.8, 4) is 0 Å². The quantitative estimate of drug-likeness (QED) is 0.907. The van der Waals surface area contributed by atoms with Gasteiger partial charge in [-0.1, -0.05) is 0 Å². The molecule has 2 rings (SSSR count). The maximum Gasteiger partial charge on any atom is 0.287 e. The zero-order valence-corrected chi connectivity index (χ0v) is 11.4. The number of carbonyl (C=O) groups excluding carboxylic acids is 1. The Morgan fingerprint density at radius 1 is 1.53 bits per heavy atom. The molecule has 1 aromatic heterocycles. The van der Waals surface area contributed by atoms with Crippen LogP contribution < -0.4 is 5.32 Å². The fourth-order valence-corrected chi connectivity index (χ4v) is 3.96. The van der Waals surface area contributed by atoms with E-state index in [0.717, 1.165) is 0 Å². The van der Waals surface area contributed by atoms with Gasteiger partial charge in [0.1, 0.15) is 0 Å². The Morgan fingerprint density at radius 2 is 2.29 bits per heavy atom. The lowest BCUT2D eigenvalue weighted by Gasteiger charge is -2.07. The van der Waals surface area contributed by atoms with Crippen LogP contribution in [-0.4, -0.2) is 32.4 Å². The molecule has 1 aromatic rings. The van der Waals surface area contributed by atoms with Crippen molar-refractivity contribution in [1.29, 1.82) is 0 Å². The number of hydrogen-bond donors (Lipinski definition) is 1. The van der Waals surface area contributed by atoms with E-state index in [0.29, 0.717) is 17.6 Å². The van der Waals surface area contributed by atoms with Gasteiger partial charge in [-0.2, -0.15) is 0 Å². The number of nitrogens with one attached hydrogen (secondary N) is 1. The van der Waals surface area contributed by atoms with Crippen LogP contribution in [0.4, 0.5) is 0 Å². The van der Waals surface area contributed by atoms with Crippen LogP contribution in [0.15, 0.2) is 21.2 Å². The number of furan rings is 1. The molecule has 0 radical (unpaired) electrons. The Kier molecular flexibility index (Phi) is 3.58. The van der Waals surface area contributed by atoms with Crippen molar-refractivity contribution in [3.05, 3.63) is 22.6 Å². The first-order valence-corrected chi connectivity index (χ1v) is 7.82. The van der Waals surface area contributed by atoms with Crippen LogP contribution in [0.25, 0.3) is 0 Å². The molecule has 0 saturated carbocycles. The highest BCUT2D eigenvalue weighted by atomic mass is 79.9. The van der Waals surface area contributed by atoms with Crippen LogP contribution in [0.1, 0.15) is 17.0 Å². The Morgan fingerprint density at radius 3 is 2.82 bits per heavy atom. The fraction of sp³-hybridized carbons (Fsp3) is 0.500. The third kappa shape index (κ3) is 3.32. The minimum absolute atomic E-state index is 0.0161.